The Labute approximate surface area is 95.0 Å². The summed E-state index contributed by atoms with van der Waals surface area (Å²) in [5.74, 6) is -0.0455. The summed E-state index contributed by atoms with van der Waals surface area (Å²) in [6, 6.07) is 7.56. The quantitative estimate of drug-likeness (QED) is 0.791. The molecule has 1 unspecified atom stereocenters. The third kappa shape index (κ3) is 2.25. The maximum Gasteiger partial charge on any atom is 0.339 e. The number of carbonyl (C=O) groups is 1. The Morgan fingerprint density at radius 3 is 2.81 bits per heavy atom. The number of aliphatic hydroxyl groups is 1. The van der Waals surface area contributed by atoms with Gasteiger partial charge >= 0.3 is 5.97 Å². The predicted molar refractivity (Wildman–Crippen MR) is 60.0 cm³/mol. The highest BCUT2D eigenvalue weighted by molar-refractivity contribution is 5.76. The van der Waals surface area contributed by atoms with Crippen LogP contribution in [0.4, 0.5) is 0 Å². The highest BCUT2D eigenvalue weighted by Crippen LogP contribution is 2.42. The third-order valence-corrected chi connectivity index (χ3v) is 2.82. The lowest BCUT2D eigenvalue weighted by Gasteiger charge is -2.13. The number of carbonyl (C=O) groups excluding carboxylic acids is 1. The molecule has 1 atom stereocenters. The van der Waals surface area contributed by atoms with Gasteiger partial charge in [-0.05, 0) is 36.8 Å². The van der Waals surface area contributed by atoms with E-state index in [4.69, 9.17) is 4.74 Å². The SMILES string of the molecule is CCOC(=O)C(O)c1ccccc1C1CC1. The topological polar surface area (TPSA) is 46.5 Å². The van der Waals surface area contributed by atoms with Gasteiger partial charge in [0.1, 0.15) is 0 Å². The first-order valence-electron chi connectivity index (χ1n) is 5.67. The molecule has 1 saturated carbocycles. The van der Waals surface area contributed by atoms with Crippen molar-refractivity contribution in [3.05, 3.63) is 35.4 Å². The van der Waals surface area contributed by atoms with Crippen molar-refractivity contribution in [2.24, 2.45) is 0 Å². The first kappa shape index (κ1) is 11.1. The summed E-state index contributed by atoms with van der Waals surface area (Å²) >= 11 is 0. The number of esters is 1. The van der Waals surface area contributed by atoms with E-state index < -0.39 is 12.1 Å². The number of rotatable bonds is 4. The first-order chi connectivity index (χ1) is 7.74. The van der Waals surface area contributed by atoms with Gasteiger partial charge in [-0.25, -0.2) is 4.79 Å². The predicted octanol–water partition coefficient (Wildman–Crippen LogP) is 2.16. The molecule has 1 aliphatic carbocycles. The summed E-state index contributed by atoms with van der Waals surface area (Å²) in [7, 11) is 0. The van der Waals surface area contributed by atoms with Gasteiger partial charge in [-0.3, -0.25) is 0 Å². The van der Waals surface area contributed by atoms with E-state index in [0.29, 0.717) is 18.1 Å². The highest BCUT2D eigenvalue weighted by Gasteiger charge is 2.30. The molecule has 86 valence electrons. The zero-order valence-electron chi connectivity index (χ0n) is 9.35. The van der Waals surface area contributed by atoms with Crippen molar-refractivity contribution < 1.29 is 14.6 Å². The second-order valence-electron chi connectivity index (χ2n) is 4.06. The van der Waals surface area contributed by atoms with Crippen LogP contribution in [0.15, 0.2) is 24.3 Å². The standard InChI is InChI=1S/C13H16O3/c1-2-16-13(15)12(14)11-6-4-3-5-10(11)9-7-8-9/h3-6,9,12,14H,2,7-8H2,1H3. The van der Waals surface area contributed by atoms with Crippen LogP contribution in [0.3, 0.4) is 0 Å². The van der Waals surface area contributed by atoms with E-state index >= 15 is 0 Å². The summed E-state index contributed by atoms with van der Waals surface area (Å²) in [5.41, 5.74) is 1.78. The normalized spacial score (nSPS) is 16.9. The molecule has 0 radical (unpaired) electrons. The van der Waals surface area contributed by atoms with Crippen molar-refractivity contribution in [2.45, 2.75) is 31.8 Å². The van der Waals surface area contributed by atoms with Crippen LogP contribution >= 0.6 is 0 Å². The van der Waals surface area contributed by atoms with Crippen LogP contribution in [0.2, 0.25) is 0 Å². The molecule has 1 aromatic rings. The van der Waals surface area contributed by atoms with Gasteiger partial charge in [0.15, 0.2) is 6.10 Å². The lowest BCUT2D eigenvalue weighted by molar-refractivity contribution is -0.153. The van der Waals surface area contributed by atoms with Crippen LogP contribution in [0, 0.1) is 0 Å². The molecule has 1 fully saturated rings. The lowest BCUT2D eigenvalue weighted by atomic mass is 9.99. The molecule has 1 aliphatic rings. The van der Waals surface area contributed by atoms with Gasteiger partial charge in [0.05, 0.1) is 6.61 Å². The van der Waals surface area contributed by atoms with Crippen molar-refractivity contribution in [1.29, 1.82) is 0 Å². The maximum atomic E-state index is 11.5. The molecule has 0 heterocycles. The average molecular weight is 220 g/mol. The fraction of sp³-hybridized carbons (Fsp3) is 0.462. The monoisotopic (exact) mass is 220 g/mol. The fourth-order valence-electron chi connectivity index (χ4n) is 1.87. The Morgan fingerprint density at radius 1 is 1.50 bits per heavy atom. The molecule has 0 aromatic heterocycles. The summed E-state index contributed by atoms with van der Waals surface area (Å²) in [4.78, 5) is 11.5. The number of ether oxygens (including phenoxy) is 1. The summed E-state index contributed by atoms with van der Waals surface area (Å²) in [6.45, 7) is 2.03. The van der Waals surface area contributed by atoms with Crippen molar-refractivity contribution in [1.82, 2.24) is 0 Å². The van der Waals surface area contributed by atoms with Gasteiger partial charge in [0.25, 0.3) is 0 Å². The number of aliphatic hydroxyl groups excluding tert-OH is 1. The second-order valence-corrected chi connectivity index (χ2v) is 4.06. The maximum absolute atomic E-state index is 11.5. The highest BCUT2D eigenvalue weighted by atomic mass is 16.5. The minimum atomic E-state index is -1.14. The van der Waals surface area contributed by atoms with Crippen LogP contribution in [0.5, 0.6) is 0 Å². The van der Waals surface area contributed by atoms with E-state index in [9.17, 15) is 9.90 Å². The Balaban J connectivity index is 2.21. The second kappa shape index (κ2) is 4.66. The van der Waals surface area contributed by atoms with Gasteiger partial charge in [-0.15, -0.1) is 0 Å². The van der Waals surface area contributed by atoms with E-state index in [2.05, 4.69) is 0 Å². The molecule has 3 heteroatoms. The molecule has 2 rings (SSSR count). The Hall–Kier alpha value is -1.35. The van der Waals surface area contributed by atoms with Crippen LogP contribution in [0.25, 0.3) is 0 Å². The van der Waals surface area contributed by atoms with E-state index in [1.54, 1.807) is 13.0 Å². The van der Waals surface area contributed by atoms with Crippen molar-refractivity contribution in [3.63, 3.8) is 0 Å². The van der Waals surface area contributed by atoms with E-state index in [0.717, 1.165) is 18.4 Å². The fourth-order valence-corrected chi connectivity index (χ4v) is 1.87. The lowest BCUT2D eigenvalue weighted by Crippen LogP contribution is -2.16. The molecule has 1 N–H and O–H groups in total. The molecule has 16 heavy (non-hydrogen) atoms. The molecule has 3 nitrogen and oxygen atoms in total. The summed E-state index contributed by atoms with van der Waals surface area (Å²) in [5, 5.41) is 9.90. The molecule has 0 bridgehead atoms. The molecule has 0 amide bonds. The van der Waals surface area contributed by atoms with E-state index in [1.807, 2.05) is 18.2 Å². The zero-order valence-corrected chi connectivity index (χ0v) is 9.35. The van der Waals surface area contributed by atoms with Crippen molar-refractivity contribution >= 4 is 5.97 Å². The molecule has 1 aromatic carbocycles. The summed E-state index contributed by atoms with van der Waals surface area (Å²) in [6.07, 6.45) is 1.15. The van der Waals surface area contributed by atoms with Crippen molar-refractivity contribution in [3.8, 4) is 0 Å². The molecular weight excluding hydrogens is 204 g/mol. The van der Waals surface area contributed by atoms with Crippen LogP contribution < -0.4 is 0 Å². The van der Waals surface area contributed by atoms with Crippen LogP contribution in [-0.2, 0) is 9.53 Å². The van der Waals surface area contributed by atoms with Crippen LogP contribution in [-0.4, -0.2) is 17.7 Å². The van der Waals surface area contributed by atoms with Gasteiger partial charge < -0.3 is 9.84 Å². The molecular formula is C13H16O3. The molecule has 0 aliphatic heterocycles. The van der Waals surface area contributed by atoms with Gasteiger partial charge in [0, 0.05) is 0 Å². The largest absolute Gasteiger partial charge is 0.464 e. The molecule has 0 spiro atoms. The minimum Gasteiger partial charge on any atom is -0.464 e. The summed E-state index contributed by atoms with van der Waals surface area (Å²) < 4.78 is 4.82. The van der Waals surface area contributed by atoms with Gasteiger partial charge in [0.2, 0.25) is 0 Å². The average Bonchev–Trinajstić information content (AvgIpc) is 3.12. The minimum absolute atomic E-state index is 0.293. The first-order valence-corrected chi connectivity index (χ1v) is 5.67. The Kier molecular flexibility index (Phi) is 3.25. The van der Waals surface area contributed by atoms with E-state index in [-0.39, 0.29) is 0 Å². The van der Waals surface area contributed by atoms with Gasteiger partial charge in [-0.1, -0.05) is 24.3 Å². The Morgan fingerprint density at radius 2 is 2.19 bits per heavy atom. The van der Waals surface area contributed by atoms with Crippen molar-refractivity contribution in [2.75, 3.05) is 6.61 Å². The van der Waals surface area contributed by atoms with Gasteiger partial charge in [-0.2, -0.15) is 0 Å². The zero-order chi connectivity index (χ0) is 11.5. The van der Waals surface area contributed by atoms with E-state index in [1.165, 1.54) is 0 Å². The third-order valence-electron chi connectivity index (χ3n) is 2.82. The molecule has 0 saturated heterocycles. The number of hydrogen-bond donors (Lipinski definition) is 1. The number of benzene rings is 1. The smallest absolute Gasteiger partial charge is 0.339 e. The number of hydrogen-bond acceptors (Lipinski definition) is 3. The van der Waals surface area contributed by atoms with Crippen LogP contribution in [0.1, 0.15) is 42.9 Å². The Bertz CT molecular complexity index is 383.